The van der Waals surface area contributed by atoms with E-state index in [4.69, 9.17) is 9.72 Å². The normalized spacial score (nSPS) is 14.2. The van der Waals surface area contributed by atoms with E-state index in [1.54, 1.807) is 12.3 Å². The fourth-order valence-electron chi connectivity index (χ4n) is 5.34. The predicted octanol–water partition coefficient (Wildman–Crippen LogP) is 5.20. The van der Waals surface area contributed by atoms with E-state index in [1.165, 1.54) is 41.1 Å². The molecular weight excluding hydrogens is 574 g/mol. The summed E-state index contributed by atoms with van der Waals surface area (Å²) in [6.45, 7) is 4.63. The van der Waals surface area contributed by atoms with Gasteiger partial charge in [0.2, 0.25) is 11.8 Å². The molecule has 1 saturated carbocycles. The highest BCUT2D eigenvalue weighted by Gasteiger charge is 2.26. The lowest BCUT2D eigenvalue weighted by Gasteiger charge is -2.21. The molecule has 1 aromatic carbocycles. The Kier molecular flexibility index (Phi) is 9.62. The molecule has 0 saturated heterocycles. The average Bonchev–Trinajstić information content (AvgIpc) is 3.78. The third-order valence-corrected chi connectivity index (χ3v) is 8.91. The van der Waals surface area contributed by atoms with Gasteiger partial charge in [-0.15, -0.1) is 11.3 Å². The zero-order chi connectivity index (χ0) is 30.3. The van der Waals surface area contributed by atoms with Crippen molar-refractivity contribution in [2.45, 2.75) is 51.9 Å². The van der Waals surface area contributed by atoms with Gasteiger partial charge in [-0.3, -0.25) is 14.6 Å². The lowest BCUT2D eigenvalue weighted by molar-refractivity contribution is -0.115. The topological polar surface area (TPSA) is 130 Å². The Hall–Kier alpha value is -4.09. The van der Waals surface area contributed by atoms with Crippen molar-refractivity contribution in [1.29, 1.82) is 0 Å². The number of para-hydroxylation sites is 1. The number of aromatic nitrogens is 3. The van der Waals surface area contributed by atoms with Crippen molar-refractivity contribution >= 4 is 45.6 Å². The van der Waals surface area contributed by atoms with Crippen molar-refractivity contribution in [2.24, 2.45) is 5.92 Å². The largest absolute Gasteiger partial charge is 0.476 e. The van der Waals surface area contributed by atoms with Crippen molar-refractivity contribution in [3.05, 3.63) is 58.7 Å². The van der Waals surface area contributed by atoms with E-state index < -0.39 is 0 Å². The van der Waals surface area contributed by atoms with Gasteiger partial charge in [0.15, 0.2) is 4.88 Å². The molecule has 3 heterocycles. The average molecular weight is 614 g/mol. The number of carbonyl (C=O) groups is 2. The first kappa shape index (κ1) is 30.0. The molecule has 0 radical (unpaired) electrons. The first-order valence-corrected chi connectivity index (χ1v) is 16.4. The van der Waals surface area contributed by atoms with Crippen molar-refractivity contribution in [3.8, 4) is 16.5 Å². The van der Waals surface area contributed by atoms with Gasteiger partial charge in [0.1, 0.15) is 10.8 Å². The summed E-state index contributed by atoms with van der Waals surface area (Å²) in [5.74, 6) is 0.968. The van der Waals surface area contributed by atoms with E-state index in [0.717, 1.165) is 48.6 Å². The van der Waals surface area contributed by atoms with Crippen LogP contribution in [0.1, 0.15) is 60.0 Å². The minimum Gasteiger partial charge on any atom is -0.476 e. The number of hydrogen-bond donors (Lipinski definition) is 4. The number of anilines is 2. The Morgan fingerprint density at radius 2 is 1.91 bits per heavy atom. The van der Waals surface area contributed by atoms with Crippen molar-refractivity contribution in [2.75, 3.05) is 43.4 Å². The molecule has 11 heteroatoms. The second-order valence-electron chi connectivity index (χ2n) is 11.4. The number of ether oxygens (including phenoxy) is 1. The fraction of sp³-hybridized carbons (Fsp3) is 0.424. The maximum atomic E-state index is 12.8. The van der Waals surface area contributed by atoms with Gasteiger partial charge in [0, 0.05) is 48.2 Å². The third kappa shape index (κ3) is 7.34. The van der Waals surface area contributed by atoms with Crippen LogP contribution in [0.3, 0.4) is 0 Å². The van der Waals surface area contributed by atoms with Gasteiger partial charge in [-0.05, 0) is 74.6 Å². The number of fused-ring (bicyclic) bond motifs is 2. The van der Waals surface area contributed by atoms with Gasteiger partial charge in [-0.25, -0.2) is 9.97 Å². The summed E-state index contributed by atoms with van der Waals surface area (Å²) in [4.78, 5) is 39.9. The highest BCUT2D eigenvalue weighted by Crippen LogP contribution is 2.36. The number of aryl methyl sites for hydroxylation is 1. The molecule has 4 aromatic rings. The van der Waals surface area contributed by atoms with Crippen LogP contribution in [0, 0.1) is 5.92 Å². The maximum absolute atomic E-state index is 12.8. The summed E-state index contributed by atoms with van der Waals surface area (Å²) >= 11 is 1.29. The van der Waals surface area contributed by atoms with Crippen molar-refractivity contribution in [3.63, 3.8) is 0 Å². The molecule has 2 amide bonds. The molecule has 2 aliphatic rings. The zero-order valence-electron chi connectivity index (χ0n) is 25.1. The van der Waals surface area contributed by atoms with Crippen molar-refractivity contribution in [1.82, 2.24) is 25.6 Å². The molecule has 0 aliphatic heterocycles. The fourth-order valence-corrected chi connectivity index (χ4v) is 6.27. The van der Waals surface area contributed by atoms with Gasteiger partial charge < -0.3 is 26.0 Å². The number of carbonyl (C=O) groups excluding carboxylic acids is 2. The summed E-state index contributed by atoms with van der Waals surface area (Å²) in [6, 6.07) is 11.9. The number of amides is 2. The Balaban J connectivity index is 1.04. The second-order valence-corrected chi connectivity index (χ2v) is 12.4. The molecule has 0 atom stereocenters. The molecule has 2 aliphatic carbocycles. The Bertz CT molecular complexity index is 1640. The highest BCUT2D eigenvalue weighted by molar-refractivity contribution is 7.17. The van der Waals surface area contributed by atoms with Crippen LogP contribution in [-0.2, 0) is 17.6 Å². The molecular formula is C33H39N7O3S. The number of nitrogens with zero attached hydrogens (tertiary/aromatic N) is 3. The van der Waals surface area contributed by atoms with Crippen LogP contribution in [0.25, 0.3) is 21.5 Å². The smallest absolute Gasteiger partial charge is 0.267 e. The molecule has 0 spiro atoms. The third-order valence-electron chi connectivity index (χ3n) is 7.82. The molecule has 230 valence electrons. The van der Waals surface area contributed by atoms with Crippen LogP contribution in [-0.4, -0.2) is 59.6 Å². The van der Waals surface area contributed by atoms with Crippen LogP contribution in [0.5, 0.6) is 5.88 Å². The van der Waals surface area contributed by atoms with Crippen LogP contribution in [0.2, 0.25) is 0 Å². The quantitative estimate of drug-likeness (QED) is 0.143. The van der Waals surface area contributed by atoms with Gasteiger partial charge >= 0.3 is 0 Å². The van der Waals surface area contributed by atoms with Gasteiger partial charge in [-0.2, -0.15) is 0 Å². The monoisotopic (exact) mass is 613 g/mol. The number of pyridine rings is 2. The number of benzene rings is 1. The number of thiazole rings is 1. The van der Waals surface area contributed by atoms with Gasteiger partial charge in [0.25, 0.3) is 5.91 Å². The van der Waals surface area contributed by atoms with E-state index in [-0.39, 0.29) is 18.4 Å². The lowest BCUT2D eigenvalue weighted by atomic mass is 9.92. The number of rotatable bonds is 14. The predicted molar refractivity (Wildman–Crippen MR) is 175 cm³/mol. The first-order valence-electron chi connectivity index (χ1n) is 15.6. The molecule has 10 nitrogen and oxygen atoms in total. The first-order chi connectivity index (χ1) is 21.6. The van der Waals surface area contributed by atoms with Gasteiger partial charge in [0.05, 0.1) is 18.7 Å². The standard InChI is InChI=1S/C33H39N7O3S/c1-2-14-37-31(42)30-32(43-20-21-11-12-21)40-33(44-30)22-13-15-35-27(18-22)39-28(41)19-34-16-17-36-29-23-7-3-5-9-25(23)38-26-10-6-4-8-24(26)29/h3,5,7,9,13,15,18,21,34H,2,4,6,8,10-12,14,16-17,19-20H2,1H3,(H,36,38)(H,37,42)(H,35,39,41). The van der Waals surface area contributed by atoms with Crippen molar-refractivity contribution < 1.29 is 14.3 Å². The van der Waals surface area contributed by atoms with E-state index in [1.807, 2.05) is 19.1 Å². The van der Waals surface area contributed by atoms with E-state index in [9.17, 15) is 9.59 Å². The van der Waals surface area contributed by atoms with E-state index in [2.05, 4.69) is 49.4 Å². The molecule has 6 rings (SSSR count). The van der Waals surface area contributed by atoms with Crippen LogP contribution in [0.4, 0.5) is 11.5 Å². The maximum Gasteiger partial charge on any atom is 0.267 e. The Morgan fingerprint density at radius 3 is 2.77 bits per heavy atom. The minimum atomic E-state index is -0.186. The molecule has 0 bridgehead atoms. The highest BCUT2D eigenvalue weighted by atomic mass is 32.1. The van der Waals surface area contributed by atoms with E-state index in [0.29, 0.717) is 53.7 Å². The van der Waals surface area contributed by atoms with Crippen LogP contribution in [0.15, 0.2) is 42.6 Å². The summed E-state index contributed by atoms with van der Waals surface area (Å²) in [5.41, 5.74) is 5.49. The van der Waals surface area contributed by atoms with Gasteiger partial charge in [-0.1, -0.05) is 25.1 Å². The minimum absolute atomic E-state index is 0.154. The van der Waals surface area contributed by atoms with E-state index >= 15 is 0 Å². The summed E-state index contributed by atoms with van der Waals surface area (Å²) in [7, 11) is 0. The number of nitrogens with one attached hydrogen (secondary N) is 4. The Morgan fingerprint density at radius 1 is 1.05 bits per heavy atom. The molecule has 3 aromatic heterocycles. The summed E-state index contributed by atoms with van der Waals surface area (Å²) in [5, 5.41) is 14.4. The zero-order valence-corrected chi connectivity index (χ0v) is 25.9. The SMILES string of the molecule is CCCNC(=O)c1sc(-c2ccnc(NC(=O)CNCCNc3c4c(nc5ccccc35)CCCC4)c2)nc1OCC1CC1. The molecule has 44 heavy (non-hydrogen) atoms. The second kappa shape index (κ2) is 14.1. The Labute approximate surface area is 261 Å². The van der Waals surface area contributed by atoms with Crippen LogP contribution < -0.4 is 26.0 Å². The summed E-state index contributed by atoms with van der Waals surface area (Å²) in [6.07, 6.45) is 9.21. The molecule has 1 fully saturated rings. The van der Waals surface area contributed by atoms with Crippen LogP contribution >= 0.6 is 11.3 Å². The molecule has 4 N–H and O–H groups in total. The lowest BCUT2D eigenvalue weighted by Crippen LogP contribution is -2.31. The molecule has 0 unspecified atom stereocenters. The number of hydrogen-bond acceptors (Lipinski definition) is 9. The summed E-state index contributed by atoms with van der Waals surface area (Å²) < 4.78 is 5.94.